The lowest BCUT2D eigenvalue weighted by Gasteiger charge is -2.10. The van der Waals surface area contributed by atoms with E-state index < -0.39 is 0 Å². The largest absolute Gasteiger partial charge is 0.456 e. The van der Waals surface area contributed by atoms with Gasteiger partial charge in [0, 0.05) is 27.5 Å². The quantitative estimate of drug-likeness (QED) is 0.299. The number of fused-ring (bicyclic) bond motifs is 3. The molecule has 0 amide bonds. The van der Waals surface area contributed by atoms with E-state index in [1.807, 2.05) is 48.5 Å². The Morgan fingerprint density at radius 1 is 0.531 bits per heavy atom. The van der Waals surface area contributed by atoms with Gasteiger partial charge in [0.05, 0.1) is 11.4 Å². The molecule has 2 heterocycles. The fourth-order valence-corrected chi connectivity index (χ4v) is 4.15. The molecular weight excluding hydrogens is 392 g/mol. The van der Waals surface area contributed by atoms with Gasteiger partial charge in [-0.05, 0) is 37.3 Å². The number of aromatic nitrogens is 2. The maximum atomic E-state index is 6.12. The van der Waals surface area contributed by atoms with Gasteiger partial charge in [-0.15, -0.1) is 0 Å². The molecule has 0 aliphatic rings. The van der Waals surface area contributed by atoms with E-state index in [0.717, 1.165) is 50.0 Å². The molecule has 6 aromatic rings. The summed E-state index contributed by atoms with van der Waals surface area (Å²) in [5, 5.41) is 2.24. The highest BCUT2D eigenvalue weighted by molar-refractivity contribution is 6.05. The van der Waals surface area contributed by atoms with Gasteiger partial charge < -0.3 is 4.42 Å². The van der Waals surface area contributed by atoms with E-state index in [0.29, 0.717) is 5.82 Å². The number of benzene rings is 4. The molecule has 0 unspecified atom stereocenters. The maximum Gasteiger partial charge on any atom is 0.160 e. The lowest BCUT2D eigenvalue weighted by molar-refractivity contribution is 0.669. The molecule has 0 aliphatic carbocycles. The van der Waals surface area contributed by atoms with Crippen LogP contribution in [0.5, 0.6) is 0 Å². The highest BCUT2D eigenvalue weighted by Crippen LogP contribution is 2.33. The second-order valence-corrected chi connectivity index (χ2v) is 8.01. The number of hydrogen-bond acceptors (Lipinski definition) is 3. The van der Waals surface area contributed by atoms with Gasteiger partial charge in [-0.3, -0.25) is 0 Å². The topological polar surface area (TPSA) is 38.9 Å². The molecule has 0 atom stereocenters. The SMILES string of the molecule is Cc1cccc(-c2cc(-c3ccc4c(c3)oc3ccccc34)nc(-c3ccccc3)n2)c1. The van der Waals surface area contributed by atoms with Crippen molar-refractivity contribution in [3.63, 3.8) is 0 Å². The summed E-state index contributed by atoms with van der Waals surface area (Å²) in [6.07, 6.45) is 0. The van der Waals surface area contributed by atoms with Crippen molar-refractivity contribution in [1.82, 2.24) is 9.97 Å². The molecular formula is C29H20N2O. The van der Waals surface area contributed by atoms with Crippen molar-refractivity contribution in [3.05, 3.63) is 109 Å². The lowest BCUT2D eigenvalue weighted by Crippen LogP contribution is -1.96. The van der Waals surface area contributed by atoms with E-state index in [-0.39, 0.29) is 0 Å². The molecule has 0 saturated heterocycles. The molecule has 6 rings (SSSR count). The molecule has 0 spiro atoms. The first-order chi connectivity index (χ1) is 15.7. The first-order valence-electron chi connectivity index (χ1n) is 10.7. The van der Waals surface area contributed by atoms with Crippen molar-refractivity contribution < 1.29 is 4.42 Å². The van der Waals surface area contributed by atoms with Gasteiger partial charge >= 0.3 is 0 Å². The van der Waals surface area contributed by atoms with Gasteiger partial charge in [0.15, 0.2) is 5.82 Å². The molecule has 152 valence electrons. The molecule has 3 heteroatoms. The van der Waals surface area contributed by atoms with Crippen molar-refractivity contribution in [2.24, 2.45) is 0 Å². The van der Waals surface area contributed by atoms with Crippen LogP contribution in [0.25, 0.3) is 55.8 Å². The molecule has 32 heavy (non-hydrogen) atoms. The Labute approximate surface area is 186 Å². The molecule has 0 radical (unpaired) electrons. The van der Waals surface area contributed by atoms with Gasteiger partial charge in [0.2, 0.25) is 0 Å². The number of hydrogen-bond donors (Lipinski definition) is 0. The minimum atomic E-state index is 0.712. The third-order valence-corrected chi connectivity index (χ3v) is 5.75. The highest BCUT2D eigenvalue weighted by Gasteiger charge is 2.13. The van der Waals surface area contributed by atoms with Crippen LogP contribution in [0.3, 0.4) is 0 Å². The third-order valence-electron chi connectivity index (χ3n) is 5.75. The van der Waals surface area contributed by atoms with Gasteiger partial charge in [-0.25, -0.2) is 9.97 Å². The normalized spacial score (nSPS) is 11.3. The van der Waals surface area contributed by atoms with E-state index in [4.69, 9.17) is 14.4 Å². The van der Waals surface area contributed by atoms with Crippen LogP contribution in [0.15, 0.2) is 108 Å². The van der Waals surface area contributed by atoms with Gasteiger partial charge in [-0.2, -0.15) is 0 Å². The van der Waals surface area contributed by atoms with Gasteiger partial charge in [0.25, 0.3) is 0 Å². The first kappa shape index (κ1) is 18.5. The molecule has 0 aliphatic heterocycles. The van der Waals surface area contributed by atoms with E-state index in [1.54, 1.807) is 0 Å². The number of nitrogens with zero attached hydrogens (tertiary/aromatic N) is 2. The first-order valence-corrected chi connectivity index (χ1v) is 10.7. The van der Waals surface area contributed by atoms with E-state index in [2.05, 4.69) is 61.5 Å². The molecule has 3 nitrogen and oxygen atoms in total. The van der Waals surface area contributed by atoms with Crippen molar-refractivity contribution in [1.29, 1.82) is 0 Å². The standard InChI is InChI=1S/C29H20N2O/c1-19-8-7-11-21(16-19)25-18-26(31-29(30-25)20-9-3-2-4-10-20)22-14-15-24-23-12-5-6-13-27(23)32-28(24)17-22/h2-18H,1H3. The summed E-state index contributed by atoms with van der Waals surface area (Å²) in [4.78, 5) is 9.83. The molecule has 0 bridgehead atoms. The Bertz CT molecular complexity index is 1580. The highest BCUT2D eigenvalue weighted by atomic mass is 16.3. The van der Waals surface area contributed by atoms with Crippen LogP contribution >= 0.6 is 0 Å². The van der Waals surface area contributed by atoms with Crippen molar-refractivity contribution >= 4 is 21.9 Å². The summed E-state index contributed by atoms with van der Waals surface area (Å²) in [5.74, 6) is 0.712. The fraction of sp³-hybridized carbons (Fsp3) is 0.0345. The van der Waals surface area contributed by atoms with Crippen LogP contribution in [0.1, 0.15) is 5.56 Å². The van der Waals surface area contributed by atoms with Gasteiger partial charge in [0.1, 0.15) is 11.2 Å². The van der Waals surface area contributed by atoms with Crippen LogP contribution in [-0.2, 0) is 0 Å². The Kier molecular flexibility index (Phi) is 4.32. The second-order valence-electron chi connectivity index (χ2n) is 8.01. The van der Waals surface area contributed by atoms with Crippen LogP contribution < -0.4 is 0 Å². The monoisotopic (exact) mass is 412 g/mol. The predicted octanol–water partition coefficient (Wildman–Crippen LogP) is 7.69. The number of furan rings is 1. The Balaban J connectivity index is 1.56. The maximum absolute atomic E-state index is 6.12. The second kappa shape index (κ2) is 7.47. The summed E-state index contributed by atoms with van der Waals surface area (Å²) < 4.78 is 6.12. The summed E-state index contributed by atoms with van der Waals surface area (Å²) in [7, 11) is 0. The van der Waals surface area contributed by atoms with Crippen molar-refractivity contribution in [2.45, 2.75) is 6.92 Å². The van der Waals surface area contributed by atoms with E-state index in [9.17, 15) is 0 Å². The van der Waals surface area contributed by atoms with Crippen LogP contribution in [0.2, 0.25) is 0 Å². The number of para-hydroxylation sites is 1. The van der Waals surface area contributed by atoms with Gasteiger partial charge in [-0.1, -0.05) is 78.4 Å². The Morgan fingerprint density at radius 2 is 1.22 bits per heavy atom. The average molecular weight is 412 g/mol. The fourth-order valence-electron chi connectivity index (χ4n) is 4.15. The zero-order valence-electron chi connectivity index (χ0n) is 17.6. The zero-order chi connectivity index (χ0) is 21.5. The molecule has 0 fully saturated rings. The summed E-state index contributed by atoms with van der Waals surface area (Å²) in [6, 6.07) is 35.0. The molecule has 0 N–H and O–H groups in total. The summed E-state index contributed by atoms with van der Waals surface area (Å²) in [5.41, 5.74) is 7.81. The smallest absolute Gasteiger partial charge is 0.160 e. The van der Waals surface area contributed by atoms with Crippen molar-refractivity contribution in [3.8, 4) is 33.9 Å². The lowest BCUT2D eigenvalue weighted by atomic mass is 10.0. The van der Waals surface area contributed by atoms with E-state index in [1.165, 1.54) is 5.56 Å². The van der Waals surface area contributed by atoms with Crippen LogP contribution in [0, 0.1) is 6.92 Å². The van der Waals surface area contributed by atoms with Crippen molar-refractivity contribution in [2.75, 3.05) is 0 Å². The van der Waals surface area contributed by atoms with E-state index >= 15 is 0 Å². The number of rotatable bonds is 3. The average Bonchev–Trinajstić information content (AvgIpc) is 3.22. The Morgan fingerprint density at radius 3 is 2.03 bits per heavy atom. The zero-order valence-corrected chi connectivity index (χ0v) is 17.6. The predicted molar refractivity (Wildman–Crippen MR) is 130 cm³/mol. The van der Waals surface area contributed by atoms with Crippen LogP contribution in [0.4, 0.5) is 0 Å². The summed E-state index contributed by atoms with van der Waals surface area (Å²) >= 11 is 0. The summed E-state index contributed by atoms with van der Waals surface area (Å²) in [6.45, 7) is 2.10. The molecule has 2 aromatic heterocycles. The third kappa shape index (κ3) is 3.25. The Hall–Kier alpha value is -4.24. The minimum absolute atomic E-state index is 0.712. The van der Waals surface area contributed by atoms with Crippen LogP contribution in [-0.4, -0.2) is 9.97 Å². The minimum Gasteiger partial charge on any atom is -0.456 e. The number of aryl methyl sites for hydroxylation is 1. The molecule has 4 aromatic carbocycles. The molecule has 0 saturated carbocycles.